The van der Waals surface area contributed by atoms with Gasteiger partial charge >= 0.3 is 0 Å². The number of pyridine rings is 1. The zero-order valence-electron chi connectivity index (χ0n) is 7.70. The molecule has 4 nitrogen and oxygen atoms in total. The van der Waals surface area contributed by atoms with Crippen molar-refractivity contribution in [3.63, 3.8) is 0 Å². The van der Waals surface area contributed by atoms with Crippen molar-refractivity contribution < 1.29 is 0 Å². The summed E-state index contributed by atoms with van der Waals surface area (Å²) >= 11 is 0. The van der Waals surface area contributed by atoms with E-state index >= 15 is 0 Å². The Hall–Kier alpha value is -1.58. The van der Waals surface area contributed by atoms with Gasteiger partial charge in [-0.3, -0.25) is 10.4 Å². The minimum absolute atomic E-state index is 0.0935. The first kappa shape index (κ1) is 9.51. The van der Waals surface area contributed by atoms with Gasteiger partial charge in [0, 0.05) is 31.9 Å². The van der Waals surface area contributed by atoms with Crippen LogP contribution in [0.3, 0.4) is 0 Å². The van der Waals surface area contributed by atoms with E-state index in [4.69, 9.17) is 11.1 Å². The largest absolute Gasteiger partial charge is 0.370 e. The van der Waals surface area contributed by atoms with E-state index in [1.54, 1.807) is 18.1 Å². The molecule has 3 N–H and O–H groups in total. The van der Waals surface area contributed by atoms with E-state index in [2.05, 4.69) is 4.98 Å². The Morgan fingerprint density at radius 3 is 2.92 bits per heavy atom. The predicted molar refractivity (Wildman–Crippen MR) is 52.5 cm³/mol. The molecule has 0 aliphatic heterocycles. The molecule has 0 aliphatic rings. The van der Waals surface area contributed by atoms with Gasteiger partial charge in [0.25, 0.3) is 0 Å². The number of rotatable bonds is 3. The SMILES string of the molecule is CN(CCc1ccccn1)C(=N)N. The predicted octanol–water partition coefficient (Wildman–Crippen LogP) is 0.449. The highest BCUT2D eigenvalue weighted by Gasteiger charge is 1.99. The average molecular weight is 178 g/mol. The van der Waals surface area contributed by atoms with Gasteiger partial charge in [0.15, 0.2) is 5.96 Å². The fourth-order valence-corrected chi connectivity index (χ4v) is 0.949. The van der Waals surface area contributed by atoms with Gasteiger partial charge in [-0.2, -0.15) is 0 Å². The summed E-state index contributed by atoms with van der Waals surface area (Å²) in [5, 5.41) is 7.15. The highest BCUT2D eigenvalue weighted by molar-refractivity contribution is 5.74. The van der Waals surface area contributed by atoms with Crippen LogP contribution in [0.25, 0.3) is 0 Å². The first-order valence-corrected chi connectivity index (χ1v) is 4.15. The van der Waals surface area contributed by atoms with Crippen molar-refractivity contribution in [1.82, 2.24) is 9.88 Å². The van der Waals surface area contributed by atoms with Gasteiger partial charge in [-0.15, -0.1) is 0 Å². The number of aromatic nitrogens is 1. The molecule has 0 saturated heterocycles. The maximum atomic E-state index is 7.15. The second-order valence-corrected chi connectivity index (χ2v) is 2.88. The van der Waals surface area contributed by atoms with Crippen LogP contribution in [0.15, 0.2) is 24.4 Å². The van der Waals surface area contributed by atoms with Crippen molar-refractivity contribution in [2.75, 3.05) is 13.6 Å². The number of hydrogen-bond donors (Lipinski definition) is 2. The topological polar surface area (TPSA) is 66.0 Å². The van der Waals surface area contributed by atoms with E-state index in [1.165, 1.54) is 0 Å². The lowest BCUT2D eigenvalue weighted by Crippen LogP contribution is -2.34. The van der Waals surface area contributed by atoms with Crippen molar-refractivity contribution in [1.29, 1.82) is 5.41 Å². The van der Waals surface area contributed by atoms with Gasteiger partial charge in [-0.1, -0.05) is 6.07 Å². The zero-order chi connectivity index (χ0) is 9.68. The Bertz CT molecular complexity index is 270. The fourth-order valence-electron chi connectivity index (χ4n) is 0.949. The van der Waals surface area contributed by atoms with E-state index in [1.807, 2.05) is 18.2 Å². The number of guanidine groups is 1. The van der Waals surface area contributed by atoms with Crippen molar-refractivity contribution in [3.05, 3.63) is 30.1 Å². The van der Waals surface area contributed by atoms with Crippen LogP contribution in [0.4, 0.5) is 0 Å². The van der Waals surface area contributed by atoms with Gasteiger partial charge in [-0.25, -0.2) is 0 Å². The van der Waals surface area contributed by atoms with Crippen LogP contribution in [0.1, 0.15) is 5.69 Å². The Balaban J connectivity index is 2.39. The van der Waals surface area contributed by atoms with Crippen LogP contribution in [0.5, 0.6) is 0 Å². The summed E-state index contributed by atoms with van der Waals surface area (Å²) < 4.78 is 0. The molecular weight excluding hydrogens is 164 g/mol. The van der Waals surface area contributed by atoms with Crippen molar-refractivity contribution in [3.8, 4) is 0 Å². The highest BCUT2D eigenvalue weighted by Crippen LogP contribution is 1.95. The van der Waals surface area contributed by atoms with Crippen molar-refractivity contribution in [2.45, 2.75) is 6.42 Å². The standard InChI is InChI=1S/C9H14N4/c1-13(9(10)11)7-5-8-4-2-3-6-12-8/h2-4,6H,5,7H2,1H3,(H3,10,11). The minimum Gasteiger partial charge on any atom is -0.370 e. The molecule has 0 aromatic carbocycles. The molecule has 0 fully saturated rings. The van der Waals surface area contributed by atoms with Gasteiger partial charge in [0.2, 0.25) is 0 Å². The monoisotopic (exact) mass is 178 g/mol. The number of hydrogen-bond acceptors (Lipinski definition) is 2. The molecule has 4 heteroatoms. The van der Waals surface area contributed by atoms with Crippen molar-refractivity contribution >= 4 is 5.96 Å². The number of nitrogens with one attached hydrogen (secondary N) is 1. The summed E-state index contributed by atoms with van der Waals surface area (Å²) in [7, 11) is 1.80. The molecule has 0 radical (unpaired) electrons. The molecule has 70 valence electrons. The van der Waals surface area contributed by atoms with Crippen LogP contribution >= 0.6 is 0 Å². The zero-order valence-corrected chi connectivity index (χ0v) is 7.70. The molecule has 1 heterocycles. The Kier molecular flexibility index (Phi) is 3.25. The summed E-state index contributed by atoms with van der Waals surface area (Å²) in [6.07, 6.45) is 2.58. The third-order valence-corrected chi connectivity index (χ3v) is 1.84. The summed E-state index contributed by atoms with van der Waals surface area (Å²) in [4.78, 5) is 5.86. The number of nitrogens with two attached hydrogens (primary N) is 1. The van der Waals surface area contributed by atoms with Crippen LogP contribution in [-0.2, 0) is 6.42 Å². The molecule has 0 bridgehead atoms. The molecule has 1 rings (SSSR count). The van der Waals surface area contributed by atoms with E-state index in [9.17, 15) is 0 Å². The Morgan fingerprint density at radius 1 is 1.62 bits per heavy atom. The molecular formula is C9H14N4. The molecule has 0 unspecified atom stereocenters. The second-order valence-electron chi connectivity index (χ2n) is 2.88. The molecule has 0 saturated carbocycles. The highest BCUT2D eigenvalue weighted by atomic mass is 15.2. The van der Waals surface area contributed by atoms with Gasteiger partial charge in [-0.05, 0) is 12.1 Å². The normalized spacial score (nSPS) is 9.62. The summed E-state index contributed by atoms with van der Waals surface area (Å²) in [5.74, 6) is 0.0935. The number of likely N-dealkylation sites (N-methyl/N-ethyl adjacent to an activating group) is 1. The number of nitrogens with zero attached hydrogens (tertiary/aromatic N) is 2. The van der Waals surface area contributed by atoms with Crippen LogP contribution < -0.4 is 5.73 Å². The summed E-state index contributed by atoms with van der Waals surface area (Å²) in [5.41, 5.74) is 6.31. The second kappa shape index (κ2) is 4.45. The van der Waals surface area contributed by atoms with Gasteiger partial charge in [0.05, 0.1) is 0 Å². The lowest BCUT2D eigenvalue weighted by Gasteiger charge is -2.15. The van der Waals surface area contributed by atoms with E-state index in [-0.39, 0.29) is 5.96 Å². The molecule has 0 atom stereocenters. The first-order chi connectivity index (χ1) is 6.20. The van der Waals surface area contributed by atoms with Gasteiger partial charge in [0.1, 0.15) is 0 Å². The Labute approximate surface area is 77.9 Å². The molecule has 1 aromatic heterocycles. The average Bonchev–Trinajstić information content (AvgIpc) is 2.15. The van der Waals surface area contributed by atoms with Crippen LogP contribution in [-0.4, -0.2) is 29.4 Å². The molecule has 0 spiro atoms. The minimum atomic E-state index is 0.0935. The molecule has 0 aliphatic carbocycles. The first-order valence-electron chi connectivity index (χ1n) is 4.15. The summed E-state index contributed by atoms with van der Waals surface area (Å²) in [6, 6.07) is 5.81. The van der Waals surface area contributed by atoms with Crippen LogP contribution in [0, 0.1) is 5.41 Å². The van der Waals surface area contributed by atoms with Crippen molar-refractivity contribution in [2.24, 2.45) is 5.73 Å². The molecule has 1 aromatic rings. The maximum Gasteiger partial charge on any atom is 0.188 e. The molecule has 0 amide bonds. The van der Waals surface area contributed by atoms with E-state index < -0.39 is 0 Å². The Morgan fingerprint density at radius 2 is 2.38 bits per heavy atom. The van der Waals surface area contributed by atoms with E-state index in [0.717, 1.165) is 18.7 Å². The smallest absolute Gasteiger partial charge is 0.188 e. The quantitative estimate of drug-likeness (QED) is 0.521. The lowest BCUT2D eigenvalue weighted by molar-refractivity contribution is 0.496. The molecule has 13 heavy (non-hydrogen) atoms. The van der Waals surface area contributed by atoms with Gasteiger partial charge < -0.3 is 10.6 Å². The third kappa shape index (κ3) is 3.11. The summed E-state index contributed by atoms with van der Waals surface area (Å²) in [6.45, 7) is 0.729. The third-order valence-electron chi connectivity index (χ3n) is 1.84. The lowest BCUT2D eigenvalue weighted by atomic mass is 10.2. The maximum absolute atomic E-state index is 7.15. The van der Waals surface area contributed by atoms with E-state index in [0.29, 0.717) is 0 Å². The van der Waals surface area contributed by atoms with Crippen LogP contribution in [0.2, 0.25) is 0 Å². The fraction of sp³-hybridized carbons (Fsp3) is 0.333.